The lowest BCUT2D eigenvalue weighted by molar-refractivity contribution is 0.0721. The van der Waals surface area contributed by atoms with Crippen molar-refractivity contribution in [2.45, 2.75) is 6.42 Å². The Labute approximate surface area is 108 Å². The average molecular weight is 258 g/mol. The molecular formula is C13H20ClNO2. The van der Waals surface area contributed by atoms with Crippen molar-refractivity contribution < 1.29 is 9.47 Å². The van der Waals surface area contributed by atoms with Crippen molar-refractivity contribution in [1.82, 2.24) is 5.32 Å². The molecule has 0 aliphatic carbocycles. The van der Waals surface area contributed by atoms with Gasteiger partial charge in [0, 0.05) is 18.7 Å². The van der Waals surface area contributed by atoms with Crippen LogP contribution in [0.15, 0.2) is 24.3 Å². The van der Waals surface area contributed by atoms with Crippen LogP contribution in [0, 0.1) is 0 Å². The van der Waals surface area contributed by atoms with Gasteiger partial charge in [0.1, 0.15) is 0 Å². The van der Waals surface area contributed by atoms with Crippen LogP contribution in [-0.2, 0) is 15.9 Å². The first-order chi connectivity index (χ1) is 8.33. The van der Waals surface area contributed by atoms with E-state index >= 15 is 0 Å². The van der Waals surface area contributed by atoms with Crippen LogP contribution in [0.4, 0.5) is 0 Å². The highest BCUT2D eigenvalue weighted by atomic mass is 35.5. The lowest BCUT2D eigenvalue weighted by Gasteiger charge is -2.06. The quantitative estimate of drug-likeness (QED) is 0.688. The lowest BCUT2D eigenvalue weighted by atomic mass is 10.1. The highest BCUT2D eigenvalue weighted by Gasteiger charge is 1.93. The van der Waals surface area contributed by atoms with Crippen LogP contribution >= 0.6 is 11.6 Å². The predicted molar refractivity (Wildman–Crippen MR) is 70.7 cm³/mol. The summed E-state index contributed by atoms with van der Waals surface area (Å²) in [6.07, 6.45) is 1.01. The molecule has 1 aromatic rings. The zero-order valence-corrected chi connectivity index (χ0v) is 11.0. The van der Waals surface area contributed by atoms with Crippen LogP contribution in [0.25, 0.3) is 0 Å². The number of rotatable bonds is 9. The number of ether oxygens (including phenoxy) is 2. The third kappa shape index (κ3) is 7.34. The van der Waals surface area contributed by atoms with Crippen LogP contribution < -0.4 is 5.32 Å². The van der Waals surface area contributed by atoms with E-state index in [-0.39, 0.29) is 0 Å². The fourth-order valence-electron chi connectivity index (χ4n) is 1.40. The zero-order chi connectivity index (χ0) is 12.3. The normalized spacial score (nSPS) is 10.7. The second-order valence-corrected chi connectivity index (χ2v) is 4.17. The van der Waals surface area contributed by atoms with Crippen molar-refractivity contribution >= 4 is 11.6 Å². The van der Waals surface area contributed by atoms with Crippen LogP contribution in [0.5, 0.6) is 0 Å². The molecule has 0 radical (unpaired) electrons. The first-order valence-electron chi connectivity index (χ1n) is 5.85. The summed E-state index contributed by atoms with van der Waals surface area (Å²) in [6, 6.07) is 7.95. The molecule has 0 atom stereocenters. The molecule has 0 fully saturated rings. The minimum absolute atomic E-state index is 0.658. The number of hydrogen-bond donors (Lipinski definition) is 1. The topological polar surface area (TPSA) is 30.5 Å². The summed E-state index contributed by atoms with van der Waals surface area (Å²) < 4.78 is 10.2. The number of benzene rings is 1. The van der Waals surface area contributed by atoms with Crippen molar-refractivity contribution in [3.05, 3.63) is 34.9 Å². The highest BCUT2D eigenvalue weighted by molar-refractivity contribution is 6.30. The lowest BCUT2D eigenvalue weighted by Crippen LogP contribution is -2.22. The van der Waals surface area contributed by atoms with Gasteiger partial charge in [0.25, 0.3) is 0 Å². The molecule has 0 amide bonds. The van der Waals surface area contributed by atoms with Crippen molar-refractivity contribution in [1.29, 1.82) is 0 Å². The highest BCUT2D eigenvalue weighted by Crippen LogP contribution is 2.09. The van der Waals surface area contributed by atoms with E-state index in [1.165, 1.54) is 5.56 Å². The Balaban J connectivity index is 1.95. The molecule has 0 heterocycles. The molecule has 1 N–H and O–H groups in total. The second kappa shape index (κ2) is 9.42. The molecular weight excluding hydrogens is 238 g/mol. The molecule has 0 unspecified atom stereocenters. The number of hydrogen-bond acceptors (Lipinski definition) is 3. The van der Waals surface area contributed by atoms with Crippen molar-refractivity contribution in [3.63, 3.8) is 0 Å². The molecule has 96 valence electrons. The summed E-state index contributed by atoms with van der Waals surface area (Å²) >= 11 is 5.81. The van der Waals surface area contributed by atoms with Crippen molar-refractivity contribution in [3.8, 4) is 0 Å². The fourth-order valence-corrected chi connectivity index (χ4v) is 1.52. The SMILES string of the molecule is COCCOCCNCCc1ccc(Cl)cc1. The minimum Gasteiger partial charge on any atom is -0.382 e. The van der Waals surface area contributed by atoms with Crippen molar-refractivity contribution in [2.75, 3.05) is 40.0 Å². The zero-order valence-electron chi connectivity index (χ0n) is 10.2. The maximum atomic E-state index is 5.81. The number of halogens is 1. The van der Waals surface area contributed by atoms with Gasteiger partial charge in [0.05, 0.1) is 19.8 Å². The van der Waals surface area contributed by atoms with E-state index < -0.39 is 0 Å². The molecule has 0 spiro atoms. The van der Waals surface area contributed by atoms with E-state index in [9.17, 15) is 0 Å². The van der Waals surface area contributed by atoms with Crippen LogP contribution in [0.3, 0.4) is 0 Å². The van der Waals surface area contributed by atoms with Gasteiger partial charge < -0.3 is 14.8 Å². The third-order valence-electron chi connectivity index (χ3n) is 2.36. The Kier molecular flexibility index (Phi) is 8.01. The van der Waals surface area contributed by atoms with Gasteiger partial charge in [-0.05, 0) is 30.7 Å². The average Bonchev–Trinajstić information content (AvgIpc) is 2.35. The molecule has 0 aliphatic heterocycles. The first-order valence-corrected chi connectivity index (χ1v) is 6.22. The van der Waals surface area contributed by atoms with E-state index in [1.807, 2.05) is 12.1 Å². The first kappa shape index (κ1) is 14.5. The van der Waals surface area contributed by atoms with E-state index in [4.69, 9.17) is 21.1 Å². The Hall–Kier alpha value is -0.610. The van der Waals surface area contributed by atoms with Crippen molar-refractivity contribution in [2.24, 2.45) is 0 Å². The summed E-state index contributed by atoms with van der Waals surface area (Å²) in [5.41, 5.74) is 1.29. The van der Waals surface area contributed by atoms with Gasteiger partial charge >= 0.3 is 0 Å². The van der Waals surface area contributed by atoms with Crippen LogP contribution in [-0.4, -0.2) is 40.0 Å². The molecule has 0 aliphatic rings. The smallest absolute Gasteiger partial charge is 0.0700 e. The van der Waals surface area contributed by atoms with E-state index in [0.717, 1.165) is 31.1 Å². The molecule has 1 rings (SSSR count). The summed E-state index contributed by atoms with van der Waals surface area (Å²) in [5, 5.41) is 4.11. The van der Waals surface area contributed by atoms with Gasteiger partial charge in [-0.1, -0.05) is 23.7 Å². The third-order valence-corrected chi connectivity index (χ3v) is 2.61. The van der Waals surface area contributed by atoms with Gasteiger partial charge in [-0.3, -0.25) is 0 Å². The monoisotopic (exact) mass is 257 g/mol. The Morgan fingerprint density at radius 1 is 1.06 bits per heavy atom. The Morgan fingerprint density at radius 3 is 2.53 bits per heavy atom. The van der Waals surface area contributed by atoms with Gasteiger partial charge in [0.15, 0.2) is 0 Å². The summed E-state index contributed by atoms with van der Waals surface area (Å²) in [4.78, 5) is 0. The predicted octanol–water partition coefficient (Wildman–Crippen LogP) is 2.14. The van der Waals surface area contributed by atoms with Crippen LogP contribution in [0.2, 0.25) is 5.02 Å². The fraction of sp³-hybridized carbons (Fsp3) is 0.538. The molecule has 0 saturated heterocycles. The molecule has 1 aromatic carbocycles. The number of methoxy groups -OCH3 is 1. The summed E-state index contributed by atoms with van der Waals surface area (Å²) in [5.74, 6) is 0. The largest absolute Gasteiger partial charge is 0.382 e. The van der Waals surface area contributed by atoms with Gasteiger partial charge in [0.2, 0.25) is 0 Å². The van der Waals surface area contributed by atoms with E-state index in [1.54, 1.807) is 7.11 Å². The van der Waals surface area contributed by atoms with Gasteiger partial charge in [-0.15, -0.1) is 0 Å². The number of nitrogens with one attached hydrogen (secondary N) is 1. The van der Waals surface area contributed by atoms with Gasteiger partial charge in [-0.25, -0.2) is 0 Å². The van der Waals surface area contributed by atoms with Gasteiger partial charge in [-0.2, -0.15) is 0 Å². The molecule has 0 bridgehead atoms. The maximum absolute atomic E-state index is 5.81. The standard InChI is InChI=1S/C13H20ClNO2/c1-16-10-11-17-9-8-15-7-6-12-2-4-13(14)5-3-12/h2-5,15H,6-11H2,1H3. The molecule has 0 aromatic heterocycles. The summed E-state index contributed by atoms with van der Waals surface area (Å²) in [6.45, 7) is 3.87. The van der Waals surface area contributed by atoms with E-state index in [2.05, 4.69) is 17.4 Å². The van der Waals surface area contributed by atoms with Crippen LogP contribution in [0.1, 0.15) is 5.56 Å². The maximum Gasteiger partial charge on any atom is 0.0700 e. The summed E-state index contributed by atoms with van der Waals surface area (Å²) in [7, 11) is 1.67. The Bertz CT molecular complexity index is 290. The molecule has 0 saturated carbocycles. The van der Waals surface area contributed by atoms with E-state index in [0.29, 0.717) is 13.2 Å². The molecule has 17 heavy (non-hydrogen) atoms. The second-order valence-electron chi connectivity index (χ2n) is 3.73. The molecule has 4 heteroatoms. The molecule has 3 nitrogen and oxygen atoms in total. The minimum atomic E-state index is 0.658. The Morgan fingerprint density at radius 2 is 1.82 bits per heavy atom.